The zero-order valence-electron chi connectivity index (χ0n) is 11.4. The second-order valence-electron chi connectivity index (χ2n) is 5.12. The molecule has 1 aromatic carbocycles. The van der Waals surface area contributed by atoms with Gasteiger partial charge in [0.2, 0.25) is 11.7 Å². The fourth-order valence-electron chi connectivity index (χ4n) is 1.95. The summed E-state index contributed by atoms with van der Waals surface area (Å²) in [5, 5.41) is 3.95. The maximum absolute atomic E-state index is 5.99. The van der Waals surface area contributed by atoms with E-state index >= 15 is 0 Å². The zero-order chi connectivity index (χ0) is 14.1. The first kappa shape index (κ1) is 12.9. The quantitative estimate of drug-likeness (QED) is 0.924. The van der Waals surface area contributed by atoms with Gasteiger partial charge in [-0.2, -0.15) is 4.98 Å². The fraction of sp³-hybridized carbons (Fsp3) is 0.429. The van der Waals surface area contributed by atoms with Crippen molar-refractivity contribution in [2.45, 2.75) is 26.0 Å². The van der Waals surface area contributed by atoms with E-state index in [2.05, 4.69) is 10.1 Å². The van der Waals surface area contributed by atoms with Crippen LogP contribution in [0.15, 0.2) is 28.8 Å². The topological polar surface area (TPSA) is 83.4 Å². The lowest BCUT2D eigenvalue weighted by molar-refractivity contribution is 0.0832. The monoisotopic (exact) mass is 275 g/mol. The molecule has 106 valence electrons. The first-order valence-electron chi connectivity index (χ1n) is 6.62. The Morgan fingerprint density at radius 1 is 1.25 bits per heavy atom. The van der Waals surface area contributed by atoms with Crippen molar-refractivity contribution in [2.75, 3.05) is 6.61 Å². The summed E-state index contributed by atoms with van der Waals surface area (Å²) < 4.78 is 16.7. The average Bonchev–Trinajstić information content (AvgIpc) is 2.95. The van der Waals surface area contributed by atoms with Crippen LogP contribution in [0.4, 0.5) is 0 Å². The highest BCUT2D eigenvalue weighted by atomic mass is 16.6. The third-order valence-electron chi connectivity index (χ3n) is 3.26. The van der Waals surface area contributed by atoms with E-state index in [0.717, 1.165) is 5.75 Å². The first-order valence-corrected chi connectivity index (χ1v) is 6.62. The van der Waals surface area contributed by atoms with Crippen molar-refractivity contribution >= 4 is 0 Å². The highest BCUT2D eigenvalue weighted by molar-refractivity contribution is 5.40. The molecule has 0 spiro atoms. The molecular formula is C14H17N3O3. The Morgan fingerprint density at radius 2 is 2.00 bits per heavy atom. The third kappa shape index (κ3) is 2.34. The molecule has 0 amide bonds. The molecule has 1 aliphatic heterocycles. The van der Waals surface area contributed by atoms with Gasteiger partial charge in [0.05, 0.1) is 6.04 Å². The summed E-state index contributed by atoms with van der Waals surface area (Å²) in [5.41, 5.74) is 5.99. The van der Waals surface area contributed by atoms with Gasteiger partial charge >= 0.3 is 0 Å². The SMILES string of the molecule is CC(C)[C@H](N)c1nc(C2COc3ccccc3O2)no1. The van der Waals surface area contributed by atoms with Gasteiger partial charge in [-0.3, -0.25) is 0 Å². The number of rotatable bonds is 3. The Morgan fingerprint density at radius 3 is 2.75 bits per heavy atom. The number of aromatic nitrogens is 2. The standard InChI is InChI=1S/C14H17N3O3/c1-8(2)12(15)14-16-13(17-20-14)11-7-18-9-5-3-4-6-10(9)19-11/h3-6,8,11-12H,7,15H2,1-2H3/t11?,12-/m0/s1. The number of hydrogen-bond acceptors (Lipinski definition) is 6. The minimum atomic E-state index is -0.373. The van der Waals surface area contributed by atoms with Crippen LogP contribution < -0.4 is 15.2 Å². The van der Waals surface area contributed by atoms with Crippen molar-refractivity contribution in [1.29, 1.82) is 0 Å². The van der Waals surface area contributed by atoms with Crippen LogP contribution in [0.5, 0.6) is 11.5 Å². The minimum absolute atomic E-state index is 0.229. The molecule has 0 aliphatic carbocycles. The van der Waals surface area contributed by atoms with E-state index in [-0.39, 0.29) is 18.1 Å². The number of nitrogens with zero attached hydrogens (tertiary/aromatic N) is 2. The van der Waals surface area contributed by atoms with Gasteiger partial charge in [0.25, 0.3) is 0 Å². The maximum atomic E-state index is 5.99. The molecule has 2 atom stereocenters. The first-order chi connectivity index (χ1) is 9.65. The maximum Gasteiger partial charge on any atom is 0.243 e. The molecule has 20 heavy (non-hydrogen) atoms. The Balaban J connectivity index is 1.78. The molecule has 6 nitrogen and oxygen atoms in total. The molecule has 3 rings (SSSR count). The van der Waals surface area contributed by atoms with E-state index in [9.17, 15) is 0 Å². The van der Waals surface area contributed by atoms with Crippen LogP contribution in [0.2, 0.25) is 0 Å². The lowest BCUT2D eigenvalue weighted by Gasteiger charge is -2.24. The molecule has 0 fully saturated rings. The smallest absolute Gasteiger partial charge is 0.243 e. The summed E-state index contributed by atoms with van der Waals surface area (Å²) in [6, 6.07) is 7.23. The molecule has 0 saturated heterocycles. The number of benzene rings is 1. The summed E-state index contributed by atoms with van der Waals surface area (Å²) >= 11 is 0. The van der Waals surface area contributed by atoms with E-state index in [1.54, 1.807) is 0 Å². The Kier molecular flexibility index (Phi) is 3.31. The molecular weight excluding hydrogens is 258 g/mol. The molecule has 1 aliphatic rings. The van der Waals surface area contributed by atoms with Gasteiger partial charge < -0.3 is 19.7 Å². The predicted molar refractivity (Wildman–Crippen MR) is 71.4 cm³/mol. The fourth-order valence-corrected chi connectivity index (χ4v) is 1.95. The number of para-hydroxylation sites is 2. The summed E-state index contributed by atoms with van der Waals surface area (Å²) in [5.74, 6) is 2.53. The average molecular weight is 275 g/mol. The van der Waals surface area contributed by atoms with E-state index in [0.29, 0.717) is 24.1 Å². The second-order valence-corrected chi connectivity index (χ2v) is 5.12. The number of fused-ring (bicyclic) bond motifs is 1. The molecule has 2 heterocycles. The highest BCUT2D eigenvalue weighted by Crippen LogP contribution is 2.35. The van der Waals surface area contributed by atoms with Gasteiger partial charge in [0.1, 0.15) is 6.61 Å². The third-order valence-corrected chi connectivity index (χ3v) is 3.26. The lowest BCUT2D eigenvalue weighted by atomic mass is 10.1. The van der Waals surface area contributed by atoms with Crippen LogP contribution in [0.3, 0.4) is 0 Å². The van der Waals surface area contributed by atoms with Crippen LogP contribution in [-0.4, -0.2) is 16.7 Å². The van der Waals surface area contributed by atoms with E-state index in [1.807, 2.05) is 38.1 Å². The molecule has 2 aromatic rings. The van der Waals surface area contributed by atoms with Crippen molar-refractivity contribution in [1.82, 2.24) is 10.1 Å². The van der Waals surface area contributed by atoms with Crippen LogP contribution in [0.25, 0.3) is 0 Å². The van der Waals surface area contributed by atoms with Crippen molar-refractivity contribution in [3.63, 3.8) is 0 Å². The molecule has 6 heteroatoms. The van der Waals surface area contributed by atoms with Crippen molar-refractivity contribution in [3.05, 3.63) is 36.0 Å². The van der Waals surface area contributed by atoms with E-state index in [1.165, 1.54) is 0 Å². The number of hydrogen-bond donors (Lipinski definition) is 1. The Hall–Kier alpha value is -2.08. The van der Waals surface area contributed by atoms with Gasteiger partial charge in [-0.15, -0.1) is 0 Å². The van der Waals surface area contributed by atoms with Gasteiger partial charge in [0.15, 0.2) is 17.6 Å². The zero-order valence-corrected chi connectivity index (χ0v) is 11.4. The minimum Gasteiger partial charge on any atom is -0.485 e. The van der Waals surface area contributed by atoms with Gasteiger partial charge in [-0.05, 0) is 18.1 Å². The van der Waals surface area contributed by atoms with Gasteiger partial charge in [-0.25, -0.2) is 0 Å². The van der Waals surface area contributed by atoms with Gasteiger partial charge in [-0.1, -0.05) is 31.1 Å². The molecule has 0 saturated carbocycles. The second kappa shape index (κ2) is 5.13. The van der Waals surface area contributed by atoms with Crippen molar-refractivity contribution in [2.24, 2.45) is 11.7 Å². The molecule has 0 bridgehead atoms. The normalized spacial score (nSPS) is 19.1. The van der Waals surface area contributed by atoms with Crippen LogP contribution >= 0.6 is 0 Å². The largest absolute Gasteiger partial charge is 0.485 e. The molecule has 1 unspecified atom stereocenters. The van der Waals surface area contributed by atoms with Crippen LogP contribution in [0, 0.1) is 5.92 Å². The summed E-state index contributed by atoms with van der Waals surface area (Å²) in [6.45, 7) is 4.36. The summed E-state index contributed by atoms with van der Waals surface area (Å²) in [4.78, 5) is 4.32. The number of ether oxygens (including phenoxy) is 2. The van der Waals surface area contributed by atoms with E-state index in [4.69, 9.17) is 19.7 Å². The number of nitrogens with two attached hydrogens (primary N) is 1. The van der Waals surface area contributed by atoms with E-state index < -0.39 is 0 Å². The van der Waals surface area contributed by atoms with Gasteiger partial charge in [0, 0.05) is 0 Å². The molecule has 1 aromatic heterocycles. The molecule has 2 N–H and O–H groups in total. The summed E-state index contributed by atoms with van der Waals surface area (Å²) in [7, 11) is 0. The van der Waals surface area contributed by atoms with Crippen molar-refractivity contribution < 1.29 is 14.0 Å². The summed E-state index contributed by atoms with van der Waals surface area (Å²) in [6.07, 6.45) is -0.373. The van der Waals surface area contributed by atoms with Crippen molar-refractivity contribution in [3.8, 4) is 11.5 Å². The highest BCUT2D eigenvalue weighted by Gasteiger charge is 2.28. The predicted octanol–water partition coefficient (Wildman–Crippen LogP) is 2.24. The Labute approximate surface area is 116 Å². The Bertz CT molecular complexity index is 597. The van der Waals surface area contributed by atoms with Crippen LogP contribution in [0.1, 0.15) is 37.7 Å². The molecule has 0 radical (unpaired) electrons. The van der Waals surface area contributed by atoms with Crippen LogP contribution in [-0.2, 0) is 0 Å². The lowest BCUT2D eigenvalue weighted by Crippen LogP contribution is -2.23.